The molecule has 2 aromatic heterocycles. The predicted octanol–water partition coefficient (Wildman–Crippen LogP) is 5.77. The normalized spacial score (nSPS) is 16.7. The molecule has 1 aliphatic heterocycles. The van der Waals surface area contributed by atoms with Gasteiger partial charge in [0, 0.05) is 40.7 Å². The van der Waals surface area contributed by atoms with E-state index >= 15 is 0 Å². The number of ketones is 1. The van der Waals surface area contributed by atoms with Crippen LogP contribution in [0.5, 0.6) is 5.75 Å². The van der Waals surface area contributed by atoms with Gasteiger partial charge in [0.2, 0.25) is 0 Å². The maximum atomic E-state index is 13.4. The van der Waals surface area contributed by atoms with Crippen molar-refractivity contribution in [2.45, 2.75) is 12.6 Å². The first kappa shape index (κ1) is 23.2. The fourth-order valence-electron chi connectivity index (χ4n) is 4.81. The van der Waals surface area contributed by atoms with Crippen molar-refractivity contribution in [3.63, 3.8) is 0 Å². The van der Waals surface area contributed by atoms with Crippen molar-refractivity contribution in [2.24, 2.45) is 0 Å². The third-order valence-electron chi connectivity index (χ3n) is 6.65. The maximum Gasteiger partial charge on any atom is 0.300 e. The lowest BCUT2D eigenvalue weighted by Crippen LogP contribution is -2.29. The lowest BCUT2D eigenvalue weighted by atomic mass is 9.96. The monoisotopic (exact) mass is 501 g/mol. The Morgan fingerprint density at radius 1 is 0.921 bits per heavy atom. The zero-order valence-corrected chi connectivity index (χ0v) is 20.2. The molecule has 0 bridgehead atoms. The van der Waals surface area contributed by atoms with E-state index in [9.17, 15) is 14.7 Å². The van der Waals surface area contributed by atoms with E-state index in [0.717, 1.165) is 16.5 Å². The summed E-state index contributed by atoms with van der Waals surface area (Å²) in [7, 11) is 0. The van der Waals surface area contributed by atoms with Gasteiger partial charge in [0.1, 0.15) is 18.1 Å². The second-order valence-electron chi connectivity index (χ2n) is 8.97. The number of aromatic nitrogens is 2. The van der Waals surface area contributed by atoms with Crippen molar-refractivity contribution in [2.75, 3.05) is 4.90 Å². The average Bonchev–Trinajstić information content (AvgIpc) is 3.52. The number of aliphatic hydroxyl groups excluding tert-OH is 1. The summed E-state index contributed by atoms with van der Waals surface area (Å²) in [6.07, 6.45) is 4.87. The number of Topliss-reactive ketones (excluding diaryl/α,β-unsaturated/α-hetero) is 1. The quantitative estimate of drug-likeness (QED) is 0.175. The van der Waals surface area contributed by atoms with Crippen LogP contribution in [0.1, 0.15) is 22.7 Å². The van der Waals surface area contributed by atoms with Crippen molar-refractivity contribution >= 4 is 34.0 Å². The molecule has 0 radical (unpaired) electrons. The van der Waals surface area contributed by atoms with Gasteiger partial charge in [0.25, 0.3) is 11.7 Å². The molecule has 2 N–H and O–H groups in total. The fraction of sp³-hybridized carbons (Fsp3) is 0.0645. The van der Waals surface area contributed by atoms with Gasteiger partial charge in [0.15, 0.2) is 0 Å². The highest BCUT2D eigenvalue weighted by Crippen LogP contribution is 2.43. The van der Waals surface area contributed by atoms with Crippen LogP contribution in [0.3, 0.4) is 0 Å². The van der Waals surface area contributed by atoms with Crippen molar-refractivity contribution in [1.29, 1.82) is 0 Å². The third kappa shape index (κ3) is 4.10. The molecule has 1 aliphatic rings. The molecular weight excluding hydrogens is 478 g/mol. The van der Waals surface area contributed by atoms with Crippen LogP contribution in [0.4, 0.5) is 5.69 Å². The number of H-pyrrole nitrogens is 1. The van der Waals surface area contributed by atoms with E-state index in [1.165, 1.54) is 4.90 Å². The molecule has 38 heavy (non-hydrogen) atoms. The summed E-state index contributed by atoms with van der Waals surface area (Å²) in [6, 6.07) is 26.9. The largest absolute Gasteiger partial charge is 0.507 e. The number of aliphatic hydroxyl groups is 1. The van der Waals surface area contributed by atoms with Gasteiger partial charge in [-0.25, -0.2) is 0 Å². The summed E-state index contributed by atoms with van der Waals surface area (Å²) in [6.45, 7) is 0.408. The Labute approximate surface area is 218 Å². The minimum atomic E-state index is -0.853. The lowest BCUT2D eigenvalue weighted by molar-refractivity contribution is -0.132. The van der Waals surface area contributed by atoms with Gasteiger partial charge in [-0.2, -0.15) is 0 Å². The van der Waals surface area contributed by atoms with Gasteiger partial charge in [-0.3, -0.25) is 19.5 Å². The Kier molecular flexibility index (Phi) is 5.94. The molecule has 1 saturated heterocycles. The molecule has 1 unspecified atom stereocenters. The van der Waals surface area contributed by atoms with Crippen LogP contribution in [-0.4, -0.2) is 26.8 Å². The van der Waals surface area contributed by atoms with Gasteiger partial charge >= 0.3 is 0 Å². The first-order valence-electron chi connectivity index (χ1n) is 12.2. The van der Waals surface area contributed by atoms with Gasteiger partial charge in [-0.05, 0) is 47.5 Å². The molecule has 3 heterocycles. The van der Waals surface area contributed by atoms with Crippen LogP contribution < -0.4 is 9.64 Å². The highest BCUT2D eigenvalue weighted by atomic mass is 16.5. The van der Waals surface area contributed by atoms with Crippen LogP contribution in [0, 0.1) is 0 Å². The number of nitrogens with one attached hydrogen (secondary N) is 1. The number of carbonyl (C=O) groups is 2. The summed E-state index contributed by atoms with van der Waals surface area (Å²) in [5, 5.41) is 12.2. The number of hydrogen-bond donors (Lipinski definition) is 2. The Bertz CT molecular complexity index is 1660. The molecule has 7 nitrogen and oxygen atoms in total. The third-order valence-corrected chi connectivity index (χ3v) is 6.65. The fourth-order valence-corrected chi connectivity index (χ4v) is 4.81. The van der Waals surface area contributed by atoms with Crippen molar-refractivity contribution in [3.05, 3.63) is 132 Å². The Morgan fingerprint density at radius 2 is 1.68 bits per heavy atom. The number of hydrogen-bond acceptors (Lipinski definition) is 5. The molecule has 7 heteroatoms. The molecule has 0 aliphatic carbocycles. The molecule has 1 fully saturated rings. The molecule has 3 aromatic carbocycles. The molecule has 5 aromatic rings. The van der Waals surface area contributed by atoms with Crippen LogP contribution in [0.2, 0.25) is 0 Å². The first-order chi connectivity index (χ1) is 18.6. The molecule has 1 atom stereocenters. The summed E-state index contributed by atoms with van der Waals surface area (Å²) < 4.78 is 5.89. The maximum absolute atomic E-state index is 13.4. The zero-order chi connectivity index (χ0) is 26.1. The lowest BCUT2D eigenvalue weighted by Gasteiger charge is -2.25. The van der Waals surface area contributed by atoms with E-state index in [1.54, 1.807) is 55.0 Å². The summed E-state index contributed by atoms with van der Waals surface area (Å²) in [4.78, 5) is 35.5. The van der Waals surface area contributed by atoms with Crippen LogP contribution in [0.25, 0.3) is 16.7 Å². The number of ether oxygens (including phenoxy) is 1. The number of pyridine rings is 1. The van der Waals surface area contributed by atoms with E-state index in [1.807, 2.05) is 54.6 Å². The topological polar surface area (TPSA) is 95.5 Å². The van der Waals surface area contributed by atoms with Gasteiger partial charge in [0.05, 0.1) is 11.6 Å². The summed E-state index contributed by atoms with van der Waals surface area (Å²) in [5.74, 6) is -1.09. The van der Waals surface area contributed by atoms with Crippen LogP contribution in [-0.2, 0) is 16.2 Å². The smallest absolute Gasteiger partial charge is 0.300 e. The van der Waals surface area contributed by atoms with Gasteiger partial charge in [-0.15, -0.1) is 0 Å². The van der Waals surface area contributed by atoms with Crippen molar-refractivity contribution in [1.82, 2.24) is 9.97 Å². The van der Waals surface area contributed by atoms with E-state index in [-0.39, 0.29) is 11.3 Å². The van der Waals surface area contributed by atoms with E-state index in [2.05, 4.69) is 9.97 Å². The number of fused-ring (bicyclic) bond motifs is 1. The number of aromatic amines is 1. The molecule has 186 valence electrons. The molecular formula is C31H23N3O4. The average molecular weight is 502 g/mol. The number of carbonyl (C=O) groups excluding carboxylic acids is 2. The molecule has 0 spiro atoms. The van der Waals surface area contributed by atoms with Crippen LogP contribution in [0.15, 0.2) is 115 Å². The number of benzene rings is 3. The summed E-state index contributed by atoms with van der Waals surface area (Å²) >= 11 is 0. The standard InChI is InChI=1S/C31H23N3O4/c35-29(25-18-33-26-11-5-4-10-24(25)26)27-28(21-9-6-16-32-17-21)34(31(37)30(27)36)22-12-14-23(15-13-22)38-19-20-7-2-1-3-8-20/h1-18,28,33,35H,19H2/b29-27-. The van der Waals surface area contributed by atoms with Crippen LogP contribution >= 0.6 is 0 Å². The van der Waals surface area contributed by atoms with E-state index in [4.69, 9.17) is 4.74 Å². The van der Waals surface area contributed by atoms with Crippen molar-refractivity contribution < 1.29 is 19.4 Å². The number of amides is 1. The van der Waals surface area contributed by atoms with Gasteiger partial charge in [-0.1, -0.05) is 54.6 Å². The van der Waals surface area contributed by atoms with Crippen molar-refractivity contribution in [3.8, 4) is 5.75 Å². The first-order valence-corrected chi connectivity index (χ1v) is 12.2. The highest BCUT2D eigenvalue weighted by Gasteiger charge is 2.47. The molecule has 0 saturated carbocycles. The number of rotatable bonds is 6. The Hall–Kier alpha value is -5.17. The predicted molar refractivity (Wildman–Crippen MR) is 145 cm³/mol. The second kappa shape index (κ2) is 9.71. The highest BCUT2D eigenvalue weighted by molar-refractivity contribution is 6.51. The number of anilines is 1. The zero-order valence-electron chi connectivity index (χ0n) is 20.2. The Balaban J connectivity index is 1.40. The second-order valence-corrected chi connectivity index (χ2v) is 8.97. The van der Waals surface area contributed by atoms with E-state index in [0.29, 0.717) is 29.2 Å². The molecule has 6 rings (SSSR count). The number of nitrogens with zero attached hydrogens (tertiary/aromatic N) is 2. The Morgan fingerprint density at radius 3 is 2.45 bits per heavy atom. The number of para-hydroxylation sites is 1. The van der Waals surface area contributed by atoms with E-state index < -0.39 is 17.7 Å². The van der Waals surface area contributed by atoms with Gasteiger partial charge < -0.3 is 14.8 Å². The molecule has 1 amide bonds. The summed E-state index contributed by atoms with van der Waals surface area (Å²) in [5.41, 5.74) is 3.43. The minimum absolute atomic E-state index is 0.0113. The SMILES string of the molecule is O=C1C(=O)N(c2ccc(OCc3ccccc3)cc2)C(c2cccnc2)/C1=C(/O)c1c[nH]c2ccccc12. The minimum Gasteiger partial charge on any atom is -0.507 e.